The van der Waals surface area contributed by atoms with Crippen LogP contribution in [0.25, 0.3) is 0 Å². The Morgan fingerprint density at radius 1 is 1.60 bits per heavy atom. The summed E-state index contributed by atoms with van der Waals surface area (Å²) in [6.07, 6.45) is 7.84. The maximum atomic E-state index is 5.36. The van der Waals surface area contributed by atoms with Crippen molar-refractivity contribution in [3.63, 3.8) is 0 Å². The number of rotatable bonds is 0. The molecular weight excluding hydrogens is 128 g/mol. The zero-order valence-electron chi connectivity index (χ0n) is 5.53. The van der Waals surface area contributed by atoms with Crippen molar-refractivity contribution in [1.82, 2.24) is 0 Å². The van der Waals surface area contributed by atoms with E-state index in [1.807, 2.05) is 18.4 Å². The predicted octanol–water partition coefficient (Wildman–Crippen LogP) is -1.50. The van der Waals surface area contributed by atoms with Gasteiger partial charge in [0.2, 0.25) is 0 Å². The molecule has 2 rings (SSSR count). The highest BCUT2D eigenvalue weighted by Crippen LogP contribution is 2.03. The number of fused-ring (bicyclic) bond motifs is 1. The second-order valence-electron chi connectivity index (χ2n) is 2.30. The highest BCUT2D eigenvalue weighted by atomic mass is 16.5. The molecule has 0 fully saturated rings. The smallest absolute Gasteiger partial charge is 0.273 e. The standard InChI is InChI=1S/C7H8N2O/c1-2-6-7(8-3-1)9-4-5-10-6/h1-4,6-7H,5H2/p+1. The number of ether oxygens (including phenoxy) is 1. The van der Waals surface area contributed by atoms with E-state index in [1.54, 1.807) is 6.21 Å². The van der Waals surface area contributed by atoms with E-state index >= 15 is 0 Å². The Morgan fingerprint density at radius 2 is 2.60 bits per heavy atom. The van der Waals surface area contributed by atoms with Crippen LogP contribution in [0.4, 0.5) is 0 Å². The van der Waals surface area contributed by atoms with Crippen LogP contribution >= 0.6 is 0 Å². The van der Waals surface area contributed by atoms with Crippen molar-refractivity contribution in [3.8, 4) is 0 Å². The van der Waals surface area contributed by atoms with E-state index < -0.39 is 0 Å². The van der Waals surface area contributed by atoms with Gasteiger partial charge in [-0.05, 0) is 12.2 Å². The van der Waals surface area contributed by atoms with E-state index in [4.69, 9.17) is 4.74 Å². The second kappa shape index (κ2) is 2.34. The van der Waals surface area contributed by atoms with Gasteiger partial charge in [-0.2, -0.15) is 0 Å². The molecule has 0 amide bonds. The van der Waals surface area contributed by atoms with Crippen molar-refractivity contribution in [1.29, 1.82) is 0 Å². The third-order valence-electron chi connectivity index (χ3n) is 1.61. The molecule has 3 heteroatoms. The molecule has 52 valence electrons. The molecule has 2 heterocycles. The SMILES string of the molecule is C1=CC2OCC=[NH+]C2N=C1. The Labute approximate surface area is 59.1 Å². The fourth-order valence-electron chi connectivity index (χ4n) is 1.10. The first-order chi connectivity index (χ1) is 4.97. The van der Waals surface area contributed by atoms with Crippen molar-refractivity contribution in [3.05, 3.63) is 12.2 Å². The number of aliphatic imine (C=N–C) groups is 1. The van der Waals surface area contributed by atoms with Gasteiger partial charge in [0, 0.05) is 6.21 Å². The van der Waals surface area contributed by atoms with E-state index in [9.17, 15) is 0 Å². The summed E-state index contributed by atoms with van der Waals surface area (Å²) in [4.78, 5) is 7.29. The van der Waals surface area contributed by atoms with Crippen LogP contribution in [0.2, 0.25) is 0 Å². The monoisotopic (exact) mass is 137 g/mol. The third-order valence-corrected chi connectivity index (χ3v) is 1.61. The van der Waals surface area contributed by atoms with Gasteiger partial charge >= 0.3 is 0 Å². The number of nitrogens with one attached hydrogen (secondary N) is 1. The summed E-state index contributed by atoms with van der Waals surface area (Å²) < 4.78 is 5.36. The van der Waals surface area contributed by atoms with Gasteiger partial charge in [-0.15, -0.1) is 0 Å². The van der Waals surface area contributed by atoms with E-state index in [2.05, 4.69) is 9.98 Å². The molecule has 0 aliphatic carbocycles. The first-order valence-electron chi connectivity index (χ1n) is 3.36. The summed E-state index contributed by atoms with van der Waals surface area (Å²) >= 11 is 0. The first kappa shape index (κ1) is 5.80. The van der Waals surface area contributed by atoms with Gasteiger partial charge in [-0.25, -0.2) is 9.98 Å². The lowest BCUT2D eigenvalue weighted by Crippen LogP contribution is -2.82. The predicted molar refractivity (Wildman–Crippen MR) is 38.2 cm³/mol. The van der Waals surface area contributed by atoms with Crippen LogP contribution in [-0.2, 0) is 4.74 Å². The molecular formula is C7H9N2O+. The highest BCUT2D eigenvalue weighted by molar-refractivity contribution is 5.72. The lowest BCUT2D eigenvalue weighted by molar-refractivity contribution is -0.518. The average molecular weight is 137 g/mol. The molecule has 3 nitrogen and oxygen atoms in total. The van der Waals surface area contributed by atoms with Crippen LogP contribution in [0.5, 0.6) is 0 Å². The molecule has 0 bridgehead atoms. The molecule has 10 heavy (non-hydrogen) atoms. The van der Waals surface area contributed by atoms with Crippen molar-refractivity contribution in [2.75, 3.05) is 6.61 Å². The van der Waals surface area contributed by atoms with Crippen molar-refractivity contribution in [2.45, 2.75) is 12.3 Å². The maximum absolute atomic E-state index is 5.36. The first-order valence-corrected chi connectivity index (χ1v) is 3.36. The van der Waals surface area contributed by atoms with Gasteiger partial charge in [-0.3, -0.25) is 0 Å². The van der Waals surface area contributed by atoms with Gasteiger partial charge in [-0.1, -0.05) is 0 Å². The number of hydrogen-bond acceptors (Lipinski definition) is 2. The quantitative estimate of drug-likeness (QED) is 0.433. The number of nitrogens with zero attached hydrogens (tertiary/aromatic N) is 1. The minimum atomic E-state index is 0.110. The maximum Gasteiger partial charge on any atom is 0.273 e. The van der Waals surface area contributed by atoms with Crippen LogP contribution in [0.15, 0.2) is 17.1 Å². The Balaban J connectivity index is 2.21. The van der Waals surface area contributed by atoms with Crippen LogP contribution in [0.1, 0.15) is 0 Å². The van der Waals surface area contributed by atoms with Crippen LogP contribution in [0, 0.1) is 0 Å². The van der Waals surface area contributed by atoms with E-state index in [0.717, 1.165) is 0 Å². The summed E-state index contributed by atoms with van der Waals surface area (Å²) in [5, 5.41) is 0. The Hall–Kier alpha value is -0.960. The lowest BCUT2D eigenvalue weighted by Gasteiger charge is -2.18. The van der Waals surface area contributed by atoms with Crippen LogP contribution < -0.4 is 4.99 Å². The lowest BCUT2D eigenvalue weighted by atomic mass is 10.2. The zero-order chi connectivity index (χ0) is 6.81. The highest BCUT2D eigenvalue weighted by Gasteiger charge is 2.26. The Kier molecular flexibility index (Phi) is 1.36. The minimum Gasteiger partial charge on any atom is -0.355 e. The van der Waals surface area contributed by atoms with E-state index in [1.165, 1.54) is 0 Å². The molecule has 0 saturated carbocycles. The minimum absolute atomic E-state index is 0.110. The average Bonchev–Trinajstić information content (AvgIpc) is 2.05. The number of dihydropyridines is 1. The summed E-state index contributed by atoms with van der Waals surface area (Å²) in [6, 6.07) is 0. The molecule has 2 unspecified atom stereocenters. The van der Waals surface area contributed by atoms with Crippen molar-refractivity contribution < 1.29 is 9.73 Å². The molecule has 0 saturated heterocycles. The molecule has 2 atom stereocenters. The number of allylic oxidation sites excluding steroid dienone is 1. The van der Waals surface area contributed by atoms with Gasteiger partial charge in [0.1, 0.15) is 6.61 Å². The Bertz CT molecular complexity index is 208. The molecule has 0 aromatic heterocycles. The topological polar surface area (TPSA) is 35.6 Å². The van der Waals surface area contributed by atoms with Crippen molar-refractivity contribution in [2.24, 2.45) is 4.99 Å². The summed E-state index contributed by atoms with van der Waals surface area (Å²) in [7, 11) is 0. The fraction of sp³-hybridized carbons (Fsp3) is 0.429. The largest absolute Gasteiger partial charge is 0.355 e. The third kappa shape index (κ3) is 0.885. The summed E-state index contributed by atoms with van der Waals surface area (Å²) in [5.41, 5.74) is 0. The summed E-state index contributed by atoms with van der Waals surface area (Å²) in [5.74, 6) is 0. The molecule has 0 radical (unpaired) electrons. The fourth-order valence-corrected chi connectivity index (χ4v) is 1.10. The number of hydrogen-bond donors (Lipinski definition) is 1. The normalized spacial score (nSPS) is 36.0. The molecule has 0 aromatic rings. The van der Waals surface area contributed by atoms with Gasteiger partial charge in [0.25, 0.3) is 6.17 Å². The van der Waals surface area contributed by atoms with Gasteiger partial charge in [0.15, 0.2) is 12.3 Å². The molecule has 1 N–H and O–H groups in total. The van der Waals surface area contributed by atoms with Gasteiger partial charge < -0.3 is 4.74 Å². The Morgan fingerprint density at radius 3 is 3.50 bits per heavy atom. The van der Waals surface area contributed by atoms with E-state index in [0.29, 0.717) is 6.61 Å². The summed E-state index contributed by atoms with van der Waals surface area (Å²) in [6.45, 7) is 0.668. The van der Waals surface area contributed by atoms with Crippen molar-refractivity contribution >= 4 is 12.4 Å². The van der Waals surface area contributed by atoms with E-state index in [-0.39, 0.29) is 12.3 Å². The molecule has 0 spiro atoms. The molecule has 2 aliphatic heterocycles. The second-order valence-corrected chi connectivity index (χ2v) is 2.30. The zero-order valence-corrected chi connectivity index (χ0v) is 5.53. The van der Waals surface area contributed by atoms with Gasteiger partial charge in [0.05, 0.1) is 0 Å². The van der Waals surface area contributed by atoms with Crippen LogP contribution in [-0.4, -0.2) is 31.3 Å². The van der Waals surface area contributed by atoms with Crippen LogP contribution in [0.3, 0.4) is 0 Å². The molecule has 0 aromatic carbocycles. The molecule has 2 aliphatic rings.